The predicted octanol–water partition coefficient (Wildman–Crippen LogP) is 2.35. The Bertz CT molecular complexity index is 681. The molecule has 0 spiro atoms. The first-order chi connectivity index (χ1) is 10.0. The van der Waals surface area contributed by atoms with Crippen LogP contribution >= 0.6 is 0 Å². The molecule has 0 bridgehead atoms. The third-order valence-corrected chi connectivity index (χ3v) is 2.85. The molecular formula is C15H14N2O4. The number of ether oxygens (including phenoxy) is 1. The summed E-state index contributed by atoms with van der Waals surface area (Å²) in [5.74, 6) is -0.977. The number of aromatic nitrogens is 1. The van der Waals surface area contributed by atoms with Gasteiger partial charge in [-0.3, -0.25) is 4.79 Å². The minimum atomic E-state index is -1.14. The number of aryl methyl sites for hydroxylation is 1. The average Bonchev–Trinajstić information content (AvgIpc) is 2.47. The van der Waals surface area contributed by atoms with Gasteiger partial charge in [-0.15, -0.1) is 0 Å². The van der Waals surface area contributed by atoms with Gasteiger partial charge in [0.2, 0.25) is 0 Å². The molecule has 1 amide bonds. The van der Waals surface area contributed by atoms with Gasteiger partial charge in [0.15, 0.2) is 0 Å². The summed E-state index contributed by atoms with van der Waals surface area (Å²) in [6.45, 7) is 1.90. The number of carbonyl (C=O) groups excluding carboxylic acids is 1. The zero-order valence-electron chi connectivity index (χ0n) is 11.6. The van der Waals surface area contributed by atoms with E-state index in [2.05, 4.69) is 10.3 Å². The van der Waals surface area contributed by atoms with Crippen molar-refractivity contribution in [1.82, 2.24) is 4.98 Å². The minimum absolute atomic E-state index is 0.111. The fourth-order valence-electron chi connectivity index (χ4n) is 1.77. The second kappa shape index (κ2) is 6.04. The lowest BCUT2D eigenvalue weighted by molar-refractivity contribution is 0.0690. The number of carboxylic acids is 1. The number of nitrogens with one attached hydrogen (secondary N) is 1. The Labute approximate surface area is 121 Å². The standard InChI is InChI=1S/C15H14N2O4/c1-9-3-6-13(21-2)12(7-9)17-14(18)10-4-5-11(15(19)20)16-8-10/h3-8H,1-2H3,(H,17,18)(H,19,20). The molecule has 2 N–H and O–H groups in total. The van der Waals surface area contributed by atoms with E-state index in [1.165, 1.54) is 25.4 Å². The molecule has 1 heterocycles. The molecule has 2 aromatic rings. The molecule has 2 rings (SSSR count). The van der Waals surface area contributed by atoms with Gasteiger partial charge in [-0.1, -0.05) is 6.07 Å². The Balaban J connectivity index is 2.21. The number of methoxy groups -OCH3 is 1. The number of rotatable bonds is 4. The molecular weight excluding hydrogens is 272 g/mol. The highest BCUT2D eigenvalue weighted by Crippen LogP contribution is 2.25. The topological polar surface area (TPSA) is 88.5 Å². The number of pyridine rings is 1. The maximum absolute atomic E-state index is 12.1. The Morgan fingerprint density at radius 3 is 2.57 bits per heavy atom. The van der Waals surface area contributed by atoms with Crippen LogP contribution in [-0.4, -0.2) is 29.1 Å². The van der Waals surface area contributed by atoms with E-state index in [0.29, 0.717) is 11.4 Å². The van der Waals surface area contributed by atoms with Crippen molar-refractivity contribution >= 4 is 17.6 Å². The lowest BCUT2D eigenvalue weighted by atomic mass is 10.2. The van der Waals surface area contributed by atoms with Crippen molar-refractivity contribution in [3.05, 3.63) is 53.3 Å². The fraction of sp³-hybridized carbons (Fsp3) is 0.133. The molecule has 0 saturated carbocycles. The Morgan fingerprint density at radius 2 is 2.00 bits per heavy atom. The van der Waals surface area contributed by atoms with Gasteiger partial charge in [-0.05, 0) is 36.8 Å². The molecule has 0 aliphatic heterocycles. The number of amides is 1. The molecule has 0 radical (unpaired) electrons. The predicted molar refractivity (Wildman–Crippen MR) is 76.9 cm³/mol. The van der Waals surface area contributed by atoms with Crippen LogP contribution in [0.15, 0.2) is 36.5 Å². The van der Waals surface area contributed by atoms with Crippen LogP contribution in [0.25, 0.3) is 0 Å². The second-order valence-electron chi connectivity index (χ2n) is 4.40. The van der Waals surface area contributed by atoms with Gasteiger partial charge < -0.3 is 15.2 Å². The third kappa shape index (κ3) is 3.36. The van der Waals surface area contributed by atoms with Gasteiger partial charge >= 0.3 is 5.97 Å². The zero-order valence-corrected chi connectivity index (χ0v) is 11.6. The molecule has 21 heavy (non-hydrogen) atoms. The van der Waals surface area contributed by atoms with E-state index < -0.39 is 5.97 Å². The van der Waals surface area contributed by atoms with Crippen LogP contribution in [-0.2, 0) is 0 Å². The van der Waals surface area contributed by atoms with E-state index in [0.717, 1.165) is 5.56 Å². The van der Waals surface area contributed by atoms with Crippen molar-refractivity contribution in [2.75, 3.05) is 12.4 Å². The quantitative estimate of drug-likeness (QED) is 0.900. The van der Waals surface area contributed by atoms with E-state index in [1.807, 2.05) is 13.0 Å². The highest BCUT2D eigenvalue weighted by atomic mass is 16.5. The minimum Gasteiger partial charge on any atom is -0.495 e. The maximum Gasteiger partial charge on any atom is 0.354 e. The summed E-state index contributed by atoms with van der Waals surface area (Å²) in [5.41, 5.74) is 1.68. The number of hydrogen-bond donors (Lipinski definition) is 2. The summed E-state index contributed by atoms with van der Waals surface area (Å²) < 4.78 is 5.18. The molecule has 6 nitrogen and oxygen atoms in total. The van der Waals surface area contributed by atoms with Gasteiger partial charge in [0.05, 0.1) is 18.4 Å². The molecule has 0 unspecified atom stereocenters. The van der Waals surface area contributed by atoms with Crippen LogP contribution < -0.4 is 10.1 Å². The van der Waals surface area contributed by atoms with E-state index in [-0.39, 0.29) is 17.2 Å². The molecule has 0 saturated heterocycles. The maximum atomic E-state index is 12.1. The van der Waals surface area contributed by atoms with Gasteiger partial charge in [-0.25, -0.2) is 9.78 Å². The SMILES string of the molecule is COc1ccc(C)cc1NC(=O)c1ccc(C(=O)O)nc1. The van der Waals surface area contributed by atoms with E-state index in [9.17, 15) is 9.59 Å². The molecule has 6 heteroatoms. The van der Waals surface area contributed by atoms with Crippen molar-refractivity contribution in [2.24, 2.45) is 0 Å². The number of carboxylic acid groups (broad SMARTS) is 1. The van der Waals surface area contributed by atoms with Crippen LogP contribution in [0, 0.1) is 6.92 Å². The molecule has 108 valence electrons. The van der Waals surface area contributed by atoms with E-state index in [1.54, 1.807) is 12.1 Å². The molecule has 0 atom stereocenters. The van der Waals surface area contributed by atoms with Crippen molar-refractivity contribution in [1.29, 1.82) is 0 Å². The number of hydrogen-bond acceptors (Lipinski definition) is 4. The number of carbonyl (C=O) groups is 2. The number of aromatic carboxylic acids is 1. The van der Waals surface area contributed by atoms with Gasteiger partial charge in [0.1, 0.15) is 11.4 Å². The molecule has 0 aliphatic carbocycles. The highest BCUT2D eigenvalue weighted by molar-refractivity contribution is 6.05. The lowest BCUT2D eigenvalue weighted by Crippen LogP contribution is -2.13. The summed E-state index contributed by atoms with van der Waals surface area (Å²) in [6.07, 6.45) is 1.22. The van der Waals surface area contributed by atoms with E-state index in [4.69, 9.17) is 9.84 Å². The van der Waals surface area contributed by atoms with Crippen molar-refractivity contribution in [3.8, 4) is 5.75 Å². The van der Waals surface area contributed by atoms with Gasteiger partial charge in [-0.2, -0.15) is 0 Å². The summed E-state index contributed by atoms with van der Waals surface area (Å²) in [6, 6.07) is 8.11. The van der Waals surface area contributed by atoms with Crippen LogP contribution in [0.5, 0.6) is 5.75 Å². The van der Waals surface area contributed by atoms with Crippen molar-refractivity contribution < 1.29 is 19.4 Å². The summed E-state index contributed by atoms with van der Waals surface area (Å²) in [7, 11) is 1.52. The second-order valence-corrected chi connectivity index (χ2v) is 4.40. The zero-order chi connectivity index (χ0) is 15.4. The Morgan fingerprint density at radius 1 is 1.24 bits per heavy atom. The first-order valence-electron chi connectivity index (χ1n) is 6.16. The summed E-state index contributed by atoms with van der Waals surface area (Å²) in [5, 5.41) is 11.5. The third-order valence-electron chi connectivity index (χ3n) is 2.85. The first-order valence-corrected chi connectivity index (χ1v) is 6.16. The molecule has 1 aromatic heterocycles. The van der Waals surface area contributed by atoms with Crippen molar-refractivity contribution in [2.45, 2.75) is 6.92 Å². The Hall–Kier alpha value is -2.89. The number of nitrogens with zero attached hydrogens (tertiary/aromatic N) is 1. The smallest absolute Gasteiger partial charge is 0.354 e. The largest absolute Gasteiger partial charge is 0.495 e. The fourth-order valence-corrected chi connectivity index (χ4v) is 1.77. The highest BCUT2D eigenvalue weighted by Gasteiger charge is 2.12. The monoisotopic (exact) mass is 286 g/mol. The van der Waals surface area contributed by atoms with Gasteiger partial charge in [0, 0.05) is 6.20 Å². The average molecular weight is 286 g/mol. The number of anilines is 1. The number of benzene rings is 1. The first kappa shape index (κ1) is 14.5. The van der Waals surface area contributed by atoms with Crippen molar-refractivity contribution in [3.63, 3.8) is 0 Å². The van der Waals surface area contributed by atoms with Crippen LogP contribution in [0.3, 0.4) is 0 Å². The van der Waals surface area contributed by atoms with Crippen LogP contribution in [0.4, 0.5) is 5.69 Å². The Kier molecular flexibility index (Phi) is 4.18. The molecule has 1 aromatic carbocycles. The lowest BCUT2D eigenvalue weighted by Gasteiger charge is -2.11. The summed E-state index contributed by atoms with van der Waals surface area (Å²) in [4.78, 5) is 26.5. The van der Waals surface area contributed by atoms with Crippen LogP contribution in [0.2, 0.25) is 0 Å². The van der Waals surface area contributed by atoms with E-state index >= 15 is 0 Å². The molecule has 0 aliphatic rings. The van der Waals surface area contributed by atoms with Gasteiger partial charge in [0.25, 0.3) is 5.91 Å². The molecule has 0 fully saturated rings. The van der Waals surface area contributed by atoms with Crippen LogP contribution in [0.1, 0.15) is 26.4 Å². The summed E-state index contributed by atoms with van der Waals surface area (Å²) >= 11 is 0. The normalized spacial score (nSPS) is 10.0.